The smallest absolute Gasteiger partial charge is 0.296 e. The number of ether oxygens (including phenoxy) is 6. The van der Waals surface area contributed by atoms with E-state index in [-0.39, 0.29) is 59.7 Å². The molecular formula is C38H42N4O14. The van der Waals surface area contributed by atoms with Gasteiger partial charge in [0.2, 0.25) is 11.7 Å². The molecule has 8 atom stereocenters. The SMILES string of the molecule is C#CC(=O)NCC(=O)NCCNC(=O)[C@]1(O)Cc2c(O)c3c(c(O)c2[C@@H](O[C@H]2C[C@@H]4[C@H](O[C@@H]5[C@@H](OC)OCCN45)[C@H](C)O2)C1)C(=O)c1c(OC)cccc1C3=O. The maximum absolute atomic E-state index is 14.1. The van der Waals surface area contributed by atoms with E-state index < -0.39 is 108 Å². The van der Waals surface area contributed by atoms with E-state index >= 15 is 0 Å². The predicted octanol–water partition coefficient (Wildman–Crippen LogP) is -0.868. The molecule has 0 spiro atoms. The highest BCUT2D eigenvalue weighted by atomic mass is 16.7. The molecule has 3 fully saturated rings. The van der Waals surface area contributed by atoms with Gasteiger partial charge < -0.3 is 59.7 Å². The van der Waals surface area contributed by atoms with Gasteiger partial charge in [0.05, 0.1) is 49.2 Å². The van der Waals surface area contributed by atoms with Gasteiger partial charge in [0, 0.05) is 68.7 Å². The molecule has 0 bridgehead atoms. The van der Waals surface area contributed by atoms with Crippen molar-refractivity contribution >= 4 is 29.3 Å². The molecular weight excluding hydrogens is 736 g/mol. The fourth-order valence-corrected chi connectivity index (χ4v) is 8.32. The Hall–Kier alpha value is -5.13. The summed E-state index contributed by atoms with van der Waals surface area (Å²) in [4.78, 5) is 67.2. The number of fused-ring (bicyclic) bond motifs is 6. The normalized spacial score (nSPS) is 29.1. The highest BCUT2D eigenvalue weighted by Crippen LogP contribution is 2.53. The summed E-state index contributed by atoms with van der Waals surface area (Å²) in [5.41, 5.74) is -3.69. The van der Waals surface area contributed by atoms with E-state index in [4.69, 9.17) is 34.8 Å². The zero-order chi connectivity index (χ0) is 40.1. The van der Waals surface area contributed by atoms with Crippen molar-refractivity contribution in [2.45, 2.75) is 74.9 Å². The number of phenols is 2. The molecule has 3 saturated heterocycles. The third kappa shape index (κ3) is 6.74. The van der Waals surface area contributed by atoms with Gasteiger partial charge in [-0.15, -0.1) is 6.42 Å². The van der Waals surface area contributed by atoms with E-state index in [1.807, 2.05) is 12.8 Å². The Labute approximate surface area is 320 Å². The highest BCUT2D eigenvalue weighted by molar-refractivity contribution is 6.31. The van der Waals surface area contributed by atoms with Gasteiger partial charge in [0.25, 0.3) is 11.8 Å². The summed E-state index contributed by atoms with van der Waals surface area (Å²) in [5, 5.41) is 43.1. The van der Waals surface area contributed by atoms with Crippen molar-refractivity contribution in [1.82, 2.24) is 20.9 Å². The van der Waals surface area contributed by atoms with Crippen LogP contribution in [0.5, 0.6) is 17.2 Å². The van der Waals surface area contributed by atoms with Crippen LogP contribution < -0.4 is 20.7 Å². The first kappa shape index (κ1) is 39.1. The Kier molecular flexibility index (Phi) is 10.8. The van der Waals surface area contributed by atoms with Gasteiger partial charge in [-0.25, -0.2) is 0 Å². The average Bonchev–Trinajstić information content (AvgIpc) is 3.57. The monoisotopic (exact) mass is 778 g/mol. The van der Waals surface area contributed by atoms with Crippen LogP contribution in [0.2, 0.25) is 0 Å². The van der Waals surface area contributed by atoms with Crippen LogP contribution in [-0.2, 0) is 44.5 Å². The second-order valence-corrected chi connectivity index (χ2v) is 14.1. The number of phenolic OH excluding ortho intramolecular Hbond substituents is 2. The van der Waals surface area contributed by atoms with Crippen molar-refractivity contribution < 1.29 is 67.7 Å². The molecule has 5 aliphatic rings. The molecule has 0 radical (unpaired) electrons. The molecule has 0 aromatic heterocycles. The summed E-state index contributed by atoms with van der Waals surface area (Å²) in [5.74, 6) is -3.27. The number of aliphatic hydroxyl groups is 1. The van der Waals surface area contributed by atoms with Crippen molar-refractivity contribution in [3.63, 3.8) is 0 Å². The van der Waals surface area contributed by atoms with Gasteiger partial charge in [-0.05, 0) is 18.9 Å². The van der Waals surface area contributed by atoms with Crippen LogP contribution in [0.1, 0.15) is 68.8 Å². The van der Waals surface area contributed by atoms with Gasteiger partial charge >= 0.3 is 0 Å². The average molecular weight is 779 g/mol. The van der Waals surface area contributed by atoms with E-state index in [9.17, 15) is 39.3 Å². The van der Waals surface area contributed by atoms with E-state index in [2.05, 4.69) is 20.9 Å². The zero-order valence-electron chi connectivity index (χ0n) is 30.8. The number of hydrogen-bond donors (Lipinski definition) is 6. The molecule has 56 heavy (non-hydrogen) atoms. The van der Waals surface area contributed by atoms with Crippen LogP contribution in [0.15, 0.2) is 18.2 Å². The van der Waals surface area contributed by atoms with Crippen LogP contribution in [0.25, 0.3) is 0 Å². The van der Waals surface area contributed by atoms with E-state index in [1.54, 1.807) is 0 Å². The number of carbonyl (C=O) groups excluding carboxylic acids is 5. The summed E-state index contributed by atoms with van der Waals surface area (Å²) in [7, 11) is 2.85. The predicted molar refractivity (Wildman–Crippen MR) is 189 cm³/mol. The molecule has 0 saturated carbocycles. The Balaban J connectivity index is 1.20. The number of carbonyl (C=O) groups is 5. The maximum atomic E-state index is 14.1. The highest BCUT2D eigenvalue weighted by Gasteiger charge is 2.55. The van der Waals surface area contributed by atoms with Crippen molar-refractivity contribution in [2.75, 3.05) is 47.0 Å². The molecule has 3 amide bonds. The Morgan fingerprint density at radius 1 is 1.04 bits per heavy atom. The molecule has 2 aromatic rings. The van der Waals surface area contributed by atoms with E-state index in [1.165, 1.54) is 32.4 Å². The quantitative estimate of drug-likeness (QED) is 0.0834. The molecule has 3 heterocycles. The fraction of sp³-hybridized carbons (Fsp3) is 0.500. The summed E-state index contributed by atoms with van der Waals surface area (Å²) in [6.45, 7) is 2.11. The molecule has 298 valence electrons. The minimum absolute atomic E-state index is 0.0657. The maximum Gasteiger partial charge on any atom is 0.296 e. The number of amides is 3. The first-order chi connectivity index (χ1) is 26.8. The van der Waals surface area contributed by atoms with Crippen LogP contribution in [0.4, 0.5) is 0 Å². The number of aromatic hydroxyl groups is 2. The van der Waals surface area contributed by atoms with Crippen molar-refractivity contribution in [3.05, 3.63) is 51.6 Å². The van der Waals surface area contributed by atoms with E-state index in [0.29, 0.717) is 13.2 Å². The van der Waals surface area contributed by atoms with Gasteiger partial charge in [0.1, 0.15) is 29.0 Å². The van der Waals surface area contributed by atoms with Gasteiger partial charge in [-0.2, -0.15) is 0 Å². The van der Waals surface area contributed by atoms with Gasteiger partial charge in [-0.3, -0.25) is 28.9 Å². The number of rotatable bonds is 10. The number of ketones is 2. The lowest BCUT2D eigenvalue weighted by Gasteiger charge is -2.43. The molecule has 18 nitrogen and oxygen atoms in total. The molecule has 2 aliphatic carbocycles. The number of hydrogen-bond acceptors (Lipinski definition) is 15. The number of benzene rings is 2. The standard InChI is InChI=1S/C38H42N4O14/c1-5-23(43)41-16-24(44)39-9-10-40-37(49)38(50)14-19-27(33(48)29-28(31(19)46)30(45)18-7-6-8-21(51-3)26(18)32(29)47)22(15-38)55-25-13-20-34(17(2)54-25)56-35-36(52-4)53-12-11-42(20)35/h1,6-8,17,20,22,25,34-36,46,48,50H,9-16H2,2-4H3,(H,39,44)(H,40,49)(H,41,43)/t17-,20+,22-,25-,34+,35+,36-,38-/m0/s1. The lowest BCUT2D eigenvalue weighted by atomic mass is 9.72. The summed E-state index contributed by atoms with van der Waals surface area (Å²) in [6.07, 6.45) is -0.225. The number of terminal acetylenes is 1. The topological polar surface area (TPSA) is 241 Å². The van der Waals surface area contributed by atoms with Gasteiger partial charge in [-0.1, -0.05) is 12.1 Å². The molecule has 18 heteroatoms. The largest absolute Gasteiger partial charge is 0.507 e. The van der Waals surface area contributed by atoms with Crippen molar-refractivity contribution in [2.24, 2.45) is 0 Å². The minimum Gasteiger partial charge on any atom is -0.507 e. The molecule has 3 aliphatic heterocycles. The van der Waals surface area contributed by atoms with Crippen molar-refractivity contribution in [1.29, 1.82) is 0 Å². The first-order valence-electron chi connectivity index (χ1n) is 18.1. The van der Waals surface area contributed by atoms with Crippen LogP contribution in [0.3, 0.4) is 0 Å². The van der Waals surface area contributed by atoms with Crippen LogP contribution in [0, 0.1) is 12.3 Å². The third-order valence-corrected chi connectivity index (χ3v) is 10.9. The van der Waals surface area contributed by atoms with E-state index in [0.717, 1.165) is 0 Å². The number of nitrogens with zero attached hydrogens (tertiary/aromatic N) is 1. The second-order valence-electron chi connectivity index (χ2n) is 14.1. The van der Waals surface area contributed by atoms with Crippen molar-refractivity contribution in [3.8, 4) is 29.6 Å². The summed E-state index contributed by atoms with van der Waals surface area (Å²) in [6, 6.07) is 4.17. The molecule has 0 unspecified atom stereocenters. The number of methoxy groups -OCH3 is 2. The lowest BCUT2D eigenvalue weighted by Crippen LogP contribution is -2.55. The Bertz CT molecular complexity index is 2020. The Morgan fingerprint density at radius 2 is 1.79 bits per heavy atom. The lowest BCUT2D eigenvalue weighted by molar-refractivity contribution is -0.256. The second kappa shape index (κ2) is 15.4. The third-order valence-electron chi connectivity index (χ3n) is 10.9. The Morgan fingerprint density at radius 3 is 2.52 bits per heavy atom. The molecule has 6 N–H and O–H groups in total. The number of morpholine rings is 1. The number of nitrogens with one attached hydrogen (secondary N) is 3. The van der Waals surface area contributed by atoms with Crippen LogP contribution in [-0.4, -0.2) is 139 Å². The fourth-order valence-electron chi connectivity index (χ4n) is 8.32. The molecule has 2 aromatic carbocycles. The van der Waals surface area contributed by atoms with Gasteiger partial charge in [0.15, 0.2) is 24.6 Å². The first-order valence-corrected chi connectivity index (χ1v) is 18.1. The minimum atomic E-state index is -2.30. The molecule has 7 rings (SSSR count). The zero-order valence-corrected chi connectivity index (χ0v) is 30.8. The summed E-state index contributed by atoms with van der Waals surface area (Å²) >= 11 is 0. The summed E-state index contributed by atoms with van der Waals surface area (Å²) < 4.78 is 35.7. The van der Waals surface area contributed by atoms with Crippen LogP contribution >= 0.6 is 0 Å².